The van der Waals surface area contributed by atoms with E-state index >= 15 is 0 Å². The van der Waals surface area contributed by atoms with Crippen LogP contribution in [0.15, 0.2) is 49.4 Å². The van der Waals surface area contributed by atoms with Gasteiger partial charge >= 0.3 is 0 Å². The number of hydrogen-bond donors (Lipinski definition) is 1. The second-order valence-corrected chi connectivity index (χ2v) is 8.10. The Morgan fingerprint density at radius 2 is 2.06 bits per heavy atom. The second kappa shape index (κ2) is 9.15. The predicted octanol–water partition coefficient (Wildman–Crippen LogP) is 4.14. The van der Waals surface area contributed by atoms with Crippen LogP contribution in [0, 0.1) is 11.3 Å². The third-order valence-corrected chi connectivity index (χ3v) is 5.90. The van der Waals surface area contributed by atoms with Gasteiger partial charge in [0.25, 0.3) is 0 Å². The first kappa shape index (κ1) is 20.8. The highest BCUT2D eigenvalue weighted by Crippen LogP contribution is 2.36. The molecule has 0 amide bonds. The molecule has 0 spiro atoms. The molecule has 0 bridgehead atoms. The van der Waals surface area contributed by atoms with Crippen molar-refractivity contribution in [1.82, 2.24) is 19.7 Å². The highest BCUT2D eigenvalue weighted by Gasteiger charge is 2.19. The first-order chi connectivity index (χ1) is 15.1. The third kappa shape index (κ3) is 4.52. The summed E-state index contributed by atoms with van der Waals surface area (Å²) in [6.45, 7) is 9.14. The van der Waals surface area contributed by atoms with E-state index in [0.717, 1.165) is 56.6 Å². The van der Waals surface area contributed by atoms with Gasteiger partial charge in [-0.05, 0) is 66.6 Å². The molecule has 0 radical (unpaired) electrons. The van der Waals surface area contributed by atoms with Crippen LogP contribution in [-0.2, 0) is 19.4 Å². The van der Waals surface area contributed by atoms with Gasteiger partial charge in [-0.2, -0.15) is 10.4 Å². The summed E-state index contributed by atoms with van der Waals surface area (Å²) in [4.78, 5) is 6.76. The van der Waals surface area contributed by atoms with Crippen LogP contribution in [0.4, 0.5) is 5.69 Å². The number of pyridine rings is 1. The van der Waals surface area contributed by atoms with Crippen LogP contribution in [-0.4, -0.2) is 32.8 Å². The molecule has 1 aliphatic carbocycles. The summed E-state index contributed by atoms with van der Waals surface area (Å²) in [5, 5.41) is 13.4. The van der Waals surface area contributed by atoms with Crippen molar-refractivity contribution in [3.05, 3.63) is 77.3 Å². The summed E-state index contributed by atoms with van der Waals surface area (Å²) in [5.74, 6) is 0.708. The van der Waals surface area contributed by atoms with Gasteiger partial charge < -0.3 is 5.73 Å². The molecule has 3 aromatic rings. The quantitative estimate of drug-likeness (QED) is 0.562. The molecule has 158 valence electrons. The summed E-state index contributed by atoms with van der Waals surface area (Å²) in [6, 6.07) is 10.0. The number of anilines is 1. The number of allylic oxidation sites excluding steroid dienone is 1. The van der Waals surface area contributed by atoms with E-state index in [2.05, 4.69) is 46.7 Å². The van der Waals surface area contributed by atoms with Gasteiger partial charge in [-0.1, -0.05) is 25.6 Å². The van der Waals surface area contributed by atoms with Crippen LogP contribution < -0.4 is 5.73 Å². The van der Waals surface area contributed by atoms with Gasteiger partial charge in [-0.3, -0.25) is 4.90 Å². The minimum Gasteiger partial charge on any atom is -0.398 e. The van der Waals surface area contributed by atoms with E-state index in [1.54, 1.807) is 16.9 Å². The van der Waals surface area contributed by atoms with Crippen molar-refractivity contribution in [2.24, 2.45) is 0 Å². The standard InChI is InChI=1S/C25H28N6/c1-3-11-30(12-10-21-6-8-22-18(2)4-7-23(22)25(21)27)16-20-15-29-31(17-20)24-9-5-19(13-26)14-28-24/h5-6,8-9,14-15,17H,2-4,7,10-12,16,27H2,1H3. The summed E-state index contributed by atoms with van der Waals surface area (Å²) in [6.07, 6.45) is 9.50. The molecule has 0 fully saturated rings. The Balaban J connectivity index is 1.42. The molecular weight excluding hydrogens is 384 g/mol. The monoisotopic (exact) mass is 412 g/mol. The fourth-order valence-electron chi connectivity index (χ4n) is 4.22. The Morgan fingerprint density at radius 1 is 1.19 bits per heavy atom. The number of fused-ring (bicyclic) bond motifs is 1. The lowest BCUT2D eigenvalue weighted by atomic mass is 10.00. The van der Waals surface area contributed by atoms with Crippen molar-refractivity contribution in [1.29, 1.82) is 5.26 Å². The van der Waals surface area contributed by atoms with Crippen LogP contribution >= 0.6 is 0 Å². The molecule has 0 aliphatic heterocycles. The van der Waals surface area contributed by atoms with E-state index in [1.165, 1.54) is 22.3 Å². The normalized spacial score (nSPS) is 12.9. The molecule has 2 N–H and O–H groups in total. The molecule has 0 atom stereocenters. The van der Waals surface area contributed by atoms with E-state index in [0.29, 0.717) is 11.4 Å². The minimum absolute atomic E-state index is 0.542. The number of rotatable bonds is 8. The van der Waals surface area contributed by atoms with Crippen LogP contribution in [0.1, 0.15) is 47.6 Å². The molecule has 6 heteroatoms. The van der Waals surface area contributed by atoms with Crippen molar-refractivity contribution in [2.45, 2.75) is 39.2 Å². The number of nitrogens with zero attached hydrogens (tertiary/aromatic N) is 5. The molecule has 31 heavy (non-hydrogen) atoms. The fourth-order valence-corrected chi connectivity index (χ4v) is 4.22. The molecular formula is C25H28N6. The Labute approximate surface area is 183 Å². The first-order valence-electron chi connectivity index (χ1n) is 10.8. The highest BCUT2D eigenvalue weighted by atomic mass is 15.3. The topological polar surface area (TPSA) is 83.8 Å². The first-order valence-corrected chi connectivity index (χ1v) is 10.8. The Bertz CT molecular complexity index is 1120. The van der Waals surface area contributed by atoms with Crippen molar-refractivity contribution >= 4 is 11.3 Å². The van der Waals surface area contributed by atoms with E-state index in [4.69, 9.17) is 11.0 Å². The van der Waals surface area contributed by atoms with Crippen molar-refractivity contribution in [2.75, 3.05) is 18.8 Å². The lowest BCUT2D eigenvalue weighted by Gasteiger charge is -2.22. The van der Waals surface area contributed by atoms with Crippen molar-refractivity contribution in [3.63, 3.8) is 0 Å². The maximum Gasteiger partial charge on any atom is 0.153 e. The van der Waals surface area contributed by atoms with Gasteiger partial charge in [0.1, 0.15) is 6.07 Å². The maximum absolute atomic E-state index is 8.93. The Morgan fingerprint density at radius 3 is 2.81 bits per heavy atom. The summed E-state index contributed by atoms with van der Waals surface area (Å²) >= 11 is 0. The third-order valence-electron chi connectivity index (χ3n) is 5.90. The molecule has 1 aromatic carbocycles. The average molecular weight is 413 g/mol. The van der Waals surface area contributed by atoms with E-state index in [-0.39, 0.29) is 0 Å². The minimum atomic E-state index is 0.542. The number of aromatic nitrogens is 3. The fraction of sp³-hybridized carbons (Fsp3) is 0.320. The SMILES string of the molecule is C=C1CCc2c1ccc(CCN(CCC)Cc1cnn(-c3ccc(C#N)cn3)c1)c2N. The number of benzene rings is 1. The van der Waals surface area contributed by atoms with E-state index < -0.39 is 0 Å². The zero-order valence-corrected chi connectivity index (χ0v) is 18.0. The lowest BCUT2D eigenvalue weighted by molar-refractivity contribution is 0.269. The van der Waals surface area contributed by atoms with Crippen molar-refractivity contribution in [3.8, 4) is 11.9 Å². The van der Waals surface area contributed by atoms with Crippen LogP contribution in [0.5, 0.6) is 0 Å². The predicted molar refractivity (Wildman–Crippen MR) is 124 cm³/mol. The molecule has 6 nitrogen and oxygen atoms in total. The molecule has 0 saturated heterocycles. The van der Waals surface area contributed by atoms with Crippen molar-refractivity contribution < 1.29 is 0 Å². The number of nitrogens with two attached hydrogens (primary N) is 1. The van der Waals surface area contributed by atoms with Gasteiger partial charge in [0.2, 0.25) is 0 Å². The summed E-state index contributed by atoms with van der Waals surface area (Å²) in [5.41, 5.74) is 14.1. The van der Waals surface area contributed by atoms with Crippen LogP contribution in [0.25, 0.3) is 11.4 Å². The lowest BCUT2D eigenvalue weighted by Crippen LogP contribution is -2.26. The molecule has 2 heterocycles. The average Bonchev–Trinajstić information content (AvgIpc) is 3.40. The molecule has 2 aromatic heterocycles. The van der Waals surface area contributed by atoms with Gasteiger partial charge in [-0.25, -0.2) is 9.67 Å². The number of nitrogen functional groups attached to an aromatic ring is 1. The number of nitriles is 1. The molecule has 1 aliphatic rings. The molecule has 0 saturated carbocycles. The zero-order valence-electron chi connectivity index (χ0n) is 18.0. The van der Waals surface area contributed by atoms with Gasteiger partial charge in [0.05, 0.1) is 11.8 Å². The largest absolute Gasteiger partial charge is 0.398 e. The Hall–Kier alpha value is -3.43. The van der Waals surface area contributed by atoms with Gasteiger partial charge in [0, 0.05) is 36.7 Å². The zero-order chi connectivity index (χ0) is 21.8. The molecule has 4 rings (SSSR count). The van der Waals surface area contributed by atoms with E-state index in [1.807, 2.05) is 18.5 Å². The van der Waals surface area contributed by atoms with E-state index in [9.17, 15) is 0 Å². The summed E-state index contributed by atoms with van der Waals surface area (Å²) in [7, 11) is 0. The summed E-state index contributed by atoms with van der Waals surface area (Å²) < 4.78 is 1.76. The van der Waals surface area contributed by atoms with Crippen LogP contribution in [0.3, 0.4) is 0 Å². The second-order valence-electron chi connectivity index (χ2n) is 8.10. The smallest absolute Gasteiger partial charge is 0.153 e. The van der Waals surface area contributed by atoms with Gasteiger partial charge in [-0.15, -0.1) is 0 Å². The Kier molecular flexibility index (Phi) is 6.15. The van der Waals surface area contributed by atoms with Crippen LogP contribution in [0.2, 0.25) is 0 Å². The number of hydrogen-bond acceptors (Lipinski definition) is 5. The maximum atomic E-state index is 8.93. The molecule has 0 unspecified atom stereocenters. The highest BCUT2D eigenvalue weighted by molar-refractivity contribution is 5.77. The van der Waals surface area contributed by atoms with Gasteiger partial charge in [0.15, 0.2) is 5.82 Å².